The minimum absolute atomic E-state index is 0.0945. The lowest BCUT2D eigenvalue weighted by molar-refractivity contribution is -0.139. The molecule has 1 aliphatic carbocycles. The lowest BCUT2D eigenvalue weighted by Crippen LogP contribution is -2.39. The highest BCUT2D eigenvalue weighted by Crippen LogP contribution is 2.25. The van der Waals surface area contributed by atoms with Crippen molar-refractivity contribution in [2.45, 2.75) is 39.7 Å². The number of nitrogens with zero attached hydrogens (tertiary/aromatic N) is 2. The molecule has 0 bridgehead atoms. The topological polar surface area (TPSA) is 122 Å². The van der Waals surface area contributed by atoms with Crippen LogP contribution in [0.2, 0.25) is 0 Å². The number of ether oxygens (including phenoxy) is 1. The fourth-order valence-corrected chi connectivity index (χ4v) is 2.70. The van der Waals surface area contributed by atoms with Crippen molar-refractivity contribution < 1.29 is 19.1 Å². The smallest absolute Gasteiger partial charge is 0.412 e. The predicted octanol–water partition coefficient (Wildman–Crippen LogP) is 1.14. The zero-order valence-electron chi connectivity index (χ0n) is 13.6. The van der Waals surface area contributed by atoms with Gasteiger partial charge in [-0.2, -0.15) is 9.47 Å². The minimum Gasteiger partial charge on any atom is -0.450 e. The van der Waals surface area contributed by atoms with E-state index in [0.29, 0.717) is 22.0 Å². The number of anilines is 1. The molecule has 1 aromatic heterocycles. The van der Waals surface area contributed by atoms with Crippen molar-refractivity contribution in [1.82, 2.24) is 15.1 Å². The summed E-state index contributed by atoms with van der Waals surface area (Å²) in [6.07, 6.45) is 1.19. The van der Waals surface area contributed by atoms with Crippen LogP contribution in [0.15, 0.2) is 5.10 Å². The van der Waals surface area contributed by atoms with Gasteiger partial charge in [-0.1, -0.05) is 0 Å². The summed E-state index contributed by atoms with van der Waals surface area (Å²) in [5.74, 6) is -1.54. The van der Waals surface area contributed by atoms with Crippen LogP contribution in [-0.4, -0.2) is 40.6 Å². The molecule has 1 aromatic rings. The van der Waals surface area contributed by atoms with E-state index in [1.54, 1.807) is 20.8 Å². The molecule has 3 amide bonds. The van der Waals surface area contributed by atoms with Crippen molar-refractivity contribution in [1.29, 1.82) is 0 Å². The number of rotatable bonds is 5. The average Bonchev–Trinajstić information content (AvgIpc) is 3.27. The fraction of sp³-hybridized carbons (Fsp3) is 0.500. The van der Waals surface area contributed by atoms with Crippen LogP contribution >= 0.6 is 11.5 Å². The lowest BCUT2D eigenvalue weighted by atomic mass is 10.2. The number of nitrogens with one attached hydrogen (secondary N) is 3. The van der Waals surface area contributed by atoms with E-state index in [1.807, 2.05) is 0 Å². The number of hydrogen-bond acceptors (Lipinski definition) is 7. The zero-order chi connectivity index (χ0) is 17.7. The van der Waals surface area contributed by atoms with Crippen LogP contribution < -0.4 is 16.1 Å². The molecule has 3 N–H and O–H groups in total. The Kier molecular flexibility index (Phi) is 5.85. The van der Waals surface area contributed by atoms with Gasteiger partial charge in [0.15, 0.2) is 0 Å². The summed E-state index contributed by atoms with van der Waals surface area (Å²) in [5.41, 5.74) is 3.85. The van der Waals surface area contributed by atoms with Crippen LogP contribution in [-0.2, 0) is 14.3 Å². The van der Waals surface area contributed by atoms with E-state index in [1.165, 1.54) is 0 Å². The van der Waals surface area contributed by atoms with E-state index in [9.17, 15) is 14.4 Å². The van der Waals surface area contributed by atoms with Crippen LogP contribution in [0.1, 0.15) is 37.9 Å². The van der Waals surface area contributed by atoms with Crippen molar-refractivity contribution >= 4 is 40.2 Å². The van der Waals surface area contributed by atoms with Gasteiger partial charge in [-0.15, -0.1) is 0 Å². The summed E-state index contributed by atoms with van der Waals surface area (Å²) in [7, 11) is 0. The van der Waals surface area contributed by atoms with E-state index >= 15 is 0 Å². The van der Waals surface area contributed by atoms with Crippen molar-refractivity contribution in [3.05, 3.63) is 11.3 Å². The predicted molar refractivity (Wildman–Crippen MR) is 89.0 cm³/mol. The molecule has 0 aliphatic heterocycles. The van der Waals surface area contributed by atoms with Crippen LogP contribution in [0.25, 0.3) is 0 Å². The Bertz CT molecular complexity index is 681. The molecule has 0 radical (unpaired) electrons. The molecule has 0 unspecified atom stereocenters. The first kappa shape index (κ1) is 17.9. The quantitative estimate of drug-likeness (QED) is 0.416. The van der Waals surface area contributed by atoms with Crippen molar-refractivity contribution in [2.75, 3.05) is 11.9 Å². The molecule has 24 heavy (non-hydrogen) atoms. The van der Waals surface area contributed by atoms with Gasteiger partial charge in [-0.05, 0) is 45.1 Å². The Balaban J connectivity index is 2.03. The van der Waals surface area contributed by atoms with E-state index in [4.69, 9.17) is 4.74 Å². The van der Waals surface area contributed by atoms with Crippen LogP contribution in [0.5, 0.6) is 0 Å². The maximum atomic E-state index is 11.7. The highest BCUT2D eigenvalue weighted by Gasteiger charge is 2.26. The molecular weight excluding hydrogens is 334 g/mol. The number of aromatic nitrogens is 1. The van der Waals surface area contributed by atoms with E-state index in [0.717, 1.165) is 24.4 Å². The maximum Gasteiger partial charge on any atom is 0.412 e. The summed E-state index contributed by atoms with van der Waals surface area (Å²) in [4.78, 5) is 34.8. The molecule has 1 saturated carbocycles. The second-order valence-corrected chi connectivity index (χ2v) is 5.98. The maximum absolute atomic E-state index is 11.7. The van der Waals surface area contributed by atoms with Crippen LogP contribution in [0.4, 0.5) is 9.80 Å². The largest absolute Gasteiger partial charge is 0.450 e. The Morgan fingerprint density at radius 3 is 2.67 bits per heavy atom. The zero-order valence-corrected chi connectivity index (χ0v) is 14.5. The normalized spacial score (nSPS) is 14.0. The number of hydrazone groups is 1. The first-order valence-electron chi connectivity index (χ1n) is 7.47. The standard InChI is InChI=1S/C14H19N5O4S/c1-4-23-14(22)16-13-10(8(3)19-24-13)7(2)17-18-12(21)11(20)15-9-5-6-9/h9H,4-6H2,1-3H3,(H,15,20)(H,16,22)(H,18,21)/b17-7+. The number of carbonyl (C=O) groups excluding carboxylic acids is 3. The number of carbonyl (C=O) groups is 3. The molecule has 1 aliphatic rings. The molecule has 0 aromatic carbocycles. The average molecular weight is 353 g/mol. The number of hydrogen-bond donors (Lipinski definition) is 3. The van der Waals surface area contributed by atoms with Gasteiger partial charge in [0, 0.05) is 6.04 Å². The van der Waals surface area contributed by atoms with Gasteiger partial charge in [0.25, 0.3) is 0 Å². The van der Waals surface area contributed by atoms with Gasteiger partial charge in [0.2, 0.25) is 0 Å². The van der Waals surface area contributed by atoms with Gasteiger partial charge >= 0.3 is 17.9 Å². The molecule has 0 spiro atoms. The summed E-state index contributed by atoms with van der Waals surface area (Å²) in [6.45, 7) is 5.35. The summed E-state index contributed by atoms with van der Waals surface area (Å²) < 4.78 is 8.99. The molecule has 10 heteroatoms. The third-order valence-corrected chi connectivity index (χ3v) is 4.01. The van der Waals surface area contributed by atoms with Gasteiger partial charge in [-0.25, -0.2) is 10.2 Å². The molecule has 130 valence electrons. The minimum atomic E-state index is -0.831. The summed E-state index contributed by atoms with van der Waals surface area (Å²) >= 11 is 1.08. The monoisotopic (exact) mass is 353 g/mol. The number of amides is 3. The lowest BCUT2D eigenvalue weighted by Gasteiger charge is -2.07. The highest BCUT2D eigenvalue weighted by molar-refractivity contribution is 7.11. The van der Waals surface area contributed by atoms with E-state index < -0.39 is 17.9 Å². The van der Waals surface area contributed by atoms with Crippen LogP contribution in [0, 0.1) is 6.92 Å². The number of aryl methyl sites for hydroxylation is 1. The van der Waals surface area contributed by atoms with Crippen molar-refractivity contribution in [2.24, 2.45) is 5.10 Å². The third kappa shape index (κ3) is 4.75. The second kappa shape index (κ2) is 7.86. The first-order valence-corrected chi connectivity index (χ1v) is 8.25. The third-order valence-electron chi connectivity index (χ3n) is 3.16. The van der Waals surface area contributed by atoms with Gasteiger partial charge in [-0.3, -0.25) is 14.9 Å². The van der Waals surface area contributed by atoms with Crippen molar-refractivity contribution in [3.8, 4) is 0 Å². The Labute approximate surface area is 143 Å². The molecular formula is C14H19N5O4S. The van der Waals surface area contributed by atoms with E-state index in [2.05, 4.69) is 25.5 Å². The fourth-order valence-electron chi connectivity index (χ4n) is 1.86. The van der Waals surface area contributed by atoms with Gasteiger partial charge in [0.1, 0.15) is 5.00 Å². The molecule has 0 atom stereocenters. The summed E-state index contributed by atoms with van der Waals surface area (Å²) in [5, 5.41) is 9.53. The highest BCUT2D eigenvalue weighted by atomic mass is 32.1. The Morgan fingerprint density at radius 1 is 1.33 bits per heavy atom. The van der Waals surface area contributed by atoms with Crippen LogP contribution in [0.3, 0.4) is 0 Å². The van der Waals surface area contributed by atoms with E-state index in [-0.39, 0.29) is 12.6 Å². The first-order chi connectivity index (χ1) is 11.4. The second-order valence-electron chi connectivity index (χ2n) is 5.20. The molecule has 9 nitrogen and oxygen atoms in total. The van der Waals surface area contributed by atoms with Gasteiger partial charge < -0.3 is 10.1 Å². The molecule has 1 heterocycles. The SMILES string of the molecule is CCOC(=O)Nc1snc(C)c1/C(C)=N/NC(=O)C(=O)NC1CC1. The van der Waals surface area contributed by atoms with Crippen molar-refractivity contribution in [3.63, 3.8) is 0 Å². The Hall–Kier alpha value is -2.49. The molecule has 1 fully saturated rings. The van der Waals surface area contributed by atoms with Gasteiger partial charge in [0.05, 0.1) is 23.6 Å². The molecule has 2 rings (SSSR count). The summed E-state index contributed by atoms with van der Waals surface area (Å²) in [6, 6.07) is 0.0945. The molecule has 0 saturated heterocycles. The Morgan fingerprint density at radius 2 is 2.04 bits per heavy atom.